The number of benzene rings is 1. The normalized spacial score (nSPS) is 15.0. The molecule has 0 saturated carbocycles. The number of thiazole rings is 1. The van der Waals surface area contributed by atoms with Gasteiger partial charge in [0, 0.05) is 18.0 Å². The van der Waals surface area contributed by atoms with Crippen molar-refractivity contribution < 1.29 is 22.7 Å². The third-order valence-corrected chi connectivity index (χ3v) is 9.67. The molecule has 1 aliphatic heterocycles. The Bertz CT molecular complexity index is 1290. The summed E-state index contributed by atoms with van der Waals surface area (Å²) in [7, 11) is -3.52. The zero-order valence-corrected chi connectivity index (χ0v) is 20.9. The predicted molar refractivity (Wildman–Crippen MR) is 129 cm³/mol. The molecule has 0 unspecified atom stereocenters. The molecule has 4 rings (SSSR count). The van der Waals surface area contributed by atoms with Gasteiger partial charge >= 0.3 is 5.97 Å². The summed E-state index contributed by atoms with van der Waals surface area (Å²) >= 11 is 2.43. The number of hydrogen-bond donors (Lipinski definition) is 1. The van der Waals surface area contributed by atoms with Crippen LogP contribution in [-0.4, -0.2) is 49.3 Å². The number of hydrogen-bond acceptors (Lipinski definition) is 8. The van der Waals surface area contributed by atoms with E-state index in [-0.39, 0.29) is 10.6 Å². The molecule has 0 aliphatic carbocycles. The SMILES string of the molecule is Cc1cc(C)c2nc(NC(=O)COC(=O)Cc3ccc(S(=O)(=O)N4CCCCC4)s3)sc2c1. The van der Waals surface area contributed by atoms with Gasteiger partial charge in [-0.2, -0.15) is 4.31 Å². The van der Waals surface area contributed by atoms with E-state index in [2.05, 4.69) is 10.3 Å². The minimum absolute atomic E-state index is 0.0902. The molecule has 8 nitrogen and oxygen atoms in total. The molecule has 11 heteroatoms. The highest BCUT2D eigenvalue weighted by molar-refractivity contribution is 7.91. The van der Waals surface area contributed by atoms with Gasteiger partial charge < -0.3 is 4.74 Å². The molecule has 1 saturated heterocycles. The highest BCUT2D eigenvalue weighted by atomic mass is 32.2. The number of fused-ring (bicyclic) bond motifs is 1. The molecule has 1 aliphatic rings. The summed E-state index contributed by atoms with van der Waals surface area (Å²) in [5.41, 5.74) is 2.99. The Kier molecular flexibility index (Phi) is 7.13. The van der Waals surface area contributed by atoms with Gasteiger partial charge in [-0.3, -0.25) is 14.9 Å². The van der Waals surface area contributed by atoms with Crippen molar-refractivity contribution in [3.63, 3.8) is 0 Å². The number of thiophene rings is 1. The van der Waals surface area contributed by atoms with Gasteiger partial charge in [-0.1, -0.05) is 23.8 Å². The van der Waals surface area contributed by atoms with Gasteiger partial charge in [-0.15, -0.1) is 11.3 Å². The monoisotopic (exact) mass is 507 g/mol. The van der Waals surface area contributed by atoms with Gasteiger partial charge in [0.1, 0.15) is 4.21 Å². The van der Waals surface area contributed by atoms with E-state index in [1.807, 2.05) is 26.0 Å². The van der Waals surface area contributed by atoms with Crippen LogP contribution in [0.1, 0.15) is 35.3 Å². The number of carbonyl (C=O) groups excluding carboxylic acids is 2. The van der Waals surface area contributed by atoms with Crippen molar-refractivity contribution in [3.8, 4) is 0 Å². The average molecular weight is 508 g/mol. The molecule has 176 valence electrons. The molecule has 3 aromatic rings. The van der Waals surface area contributed by atoms with Crippen molar-refractivity contribution in [1.29, 1.82) is 0 Å². The number of esters is 1. The Hall–Kier alpha value is -2.34. The number of aryl methyl sites for hydroxylation is 2. The third kappa shape index (κ3) is 5.60. The zero-order chi connectivity index (χ0) is 23.6. The molecule has 0 atom stereocenters. The Labute approximate surface area is 200 Å². The molecular formula is C22H25N3O5S3. The standard InChI is InChI=1S/C22H25N3O5S3/c1-14-10-15(2)21-17(11-14)32-22(24-21)23-18(26)13-30-19(27)12-16-6-7-20(31-16)33(28,29)25-8-4-3-5-9-25/h6-7,10-11H,3-5,8-9,12-13H2,1-2H3,(H,23,24,26). The summed E-state index contributed by atoms with van der Waals surface area (Å²) in [6, 6.07) is 7.19. The van der Waals surface area contributed by atoms with E-state index >= 15 is 0 Å². The Morgan fingerprint density at radius 3 is 2.64 bits per heavy atom. The molecule has 0 radical (unpaired) electrons. The fourth-order valence-electron chi connectivity index (χ4n) is 3.74. The average Bonchev–Trinajstić information content (AvgIpc) is 3.40. The second kappa shape index (κ2) is 9.88. The Balaban J connectivity index is 1.30. The summed E-state index contributed by atoms with van der Waals surface area (Å²) in [5, 5.41) is 3.12. The third-order valence-electron chi connectivity index (χ3n) is 5.31. The van der Waals surface area contributed by atoms with Crippen LogP contribution in [0.2, 0.25) is 0 Å². The van der Waals surface area contributed by atoms with Crippen molar-refractivity contribution in [2.75, 3.05) is 25.0 Å². The molecule has 0 spiro atoms. The molecule has 0 bridgehead atoms. The van der Waals surface area contributed by atoms with Crippen molar-refractivity contribution in [3.05, 3.63) is 40.3 Å². The minimum atomic E-state index is -3.52. The van der Waals surface area contributed by atoms with Gasteiger partial charge in [-0.25, -0.2) is 13.4 Å². The van der Waals surface area contributed by atoms with Crippen molar-refractivity contribution >= 4 is 59.9 Å². The maximum absolute atomic E-state index is 12.7. The first-order valence-corrected chi connectivity index (χ1v) is 13.7. The summed E-state index contributed by atoms with van der Waals surface area (Å²) < 4.78 is 33.3. The van der Waals surface area contributed by atoms with Gasteiger partial charge in [0.05, 0.1) is 16.6 Å². The van der Waals surface area contributed by atoms with E-state index in [0.29, 0.717) is 23.1 Å². The quantitative estimate of drug-likeness (QED) is 0.487. The first kappa shape index (κ1) is 23.8. The summed E-state index contributed by atoms with van der Waals surface area (Å²) in [4.78, 5) is 29.4. The van der Waals surface area contributed by atoms with Crippen LogP contribution in [0.5, 0.6) is 0 Å². The fourth-order valence-corrected chi connectivity index (χ4v) is 7.81. The second-order valence-electron chi connectivity index (χ2n) is 8.02. The van der Waals surface area contributed by atoms with E-state index < -0.39 is 28.5 Å². The van der Waals surface area contributed by atoms with Crippen LogP contribution in [0, 0.1) is 13.8 Å². The maximum atomic E-state index is 12.7. The molecule has 1 fully saturated rings. The maximum Gasteiger partial charge on any atom is 0.311 e. The Morgan fingerprint density at radius 1 is 1.12 bits per heavy atom. The van der Waals surface area contributed by atoms with Crippen LogP contribution < -0.4 is 5.32 Å². The van der Waals surface area contributed by atoms with Crippen LogP contribution in [0.25, 0.3) is 10.2 Å². The highest BCUT2D eigenvalue weighted by Gasteiger charge is 2.27. The van der Waals surface area contributed by atoms with Crippen LogP contribution >= 0.6 is 22.7 Å². The van der Waals surface area contributed by atoms with E-state index in [9.17, 15) is 18.0 Å². The number of amides is 1. The lowest BCUT2D eigenvalue weighted by atomic mass is 10.1. The first-order valence-electron chi connectivity index (χ1n) is 10.6. The number of rotatable bonds is 7. The molecule has 1 aromatic carbocycles. The summed E-state index contributed by atoms with van der Waals surface area (Å²) in [6.45, 7) is 4.60. The largest absolute Gasteiger partial charge is 0.455 e. The number of nitrogens with zero attached hydrogens (tertiary/aromatic N) is 2. The number of carbonyl (C=O) groups is 2. The van der Waals surface area contributed by atoms with E-state index in [1.165, 1.54) is 21.7 Å². The van der Waals surface area contributed by atoms with Crippen molar-refractivity contribution in [2.24, 2.45) is 0 Å². The molecular weight excluding hydrogens is 482 g/mol. The van der Waals surface area contributed by atoms with Crippen LogP contribution in [-0.2, 0) is 30.8 Å². The highest BCUT2D eigenvalue weighted by Crippen LogP contribution is 2.29. The Morgan fingerprint density at radius 2 is 1.88 bits per heavy atom. The van der Waals surface area contributed by atoms with E-state index in [0.717, 1.165) is 51.9 Å². The fraction of sp³-hybridized carbons (Fsp3) is 0.409. The molecule has 3 heterocycles. The lowest BCUT2D eigenvalue weighted by molar-refractivity contribution is -0.146. The van der Waals surface area contributed by atoms with Crippen molar-refractivity contribution in [2.45, 2.75) is 43.7 Å². The van der Waals surface area contributed by atoms with Gasteiger partial charge in [0.25, 0.3) is 15.9 Å². The van der Waals surface area contributed by atoms with Crippen LogP contribution in [0.15, 0.2) is 28.5 Å². The van der Waals surface area contributed by atoms with Gasteiger partial charge in [-0.05, 0) is 56.0 Å². The number of nitrogens with one attached hydrogen (secondary N) is 1. The van der Waals surface area contributed by atoms with Gasteiger partial charge in [0.15, 0.2) is 11.7 Å². The lowest BCUT2D eigenvalue weighted by Gasteiger charge is -2.25. The summed E-state index contributed by atoms with van der Waals surface area (Å²) in [6.07, 6.45) is 2.68. The van der Waals surface area contributed by atoms with E-state index in [4.69, 9.17) is 4.74 Å². The smallest absolute Gasteiger partial charge is 0.311 e. The number of piperidine rings is 1. The van der Waals surface area contributed by atoms with Crippen molar-refractivity contribution in [1.82, 2.24) is 9.29 Å². The molecule has 33 heavy (non-hydrogen) atoms. The number of aromatic nitrogens is 1. The first-order chi connectivity index (χ1) is 15.7. The molecule has 2 aromatic heterocycles. The number of anilines is 1. The molecule has 1 N–H and O–H groups in total. The number of ether oxygens (including phenoxy) is 1. The predicted octanol–water partition coefficient (Wildman–Crippen LogP) is 3.87. The van der Waals surface area contributed by atoms with Crippen LogP contribution in [0.3, 0.4) is 0 Å². The minimum Gasteiger partial charge on any atom is -0.455 e. The number of sulfonamides is 1. The van der Waals surface area contributed by atoms with Crippen LogP contribution in [0.4, 0.5) is 5.13 Å². The lowest BCUT2D eigenvalue weighted by Crippen LogP contribution is -2.35. The zero-order valence-electron chi connectivity index (χ0n) is 18.4. The van der Waals surface area contributed by atoms with Gasteiger partial charge in [0.2, 0.25) is 0 Å². The second-order valence-corrected chi connectivity index (χ2v) is 12.4. The molecule has 1 amide bonds. The summed E-state index contributed by atoms with van der Waals surface area (Å²) in [5.74, 6) is -1.07. The van der Waals surface area contributed by atoms with E-state index in [1.54, 1.807) is 6.07 Å². The topological polar surface area (TPSA) is 106 Å².